The highest BCUT2D eigenvalue weighted by Crippen LogP contribution is 2.24. The topological polar surface area (TPSA) is 71.1 Å². The number of thiazole rings is 1. The third kappa shape index (κ3) is 5.49. The number of carbonyl (C=O) groups excluding carboxylic acids is 2. The Bertz CT molecular complexity index is 905. The molecule has 0 spiro atoms. The maximum Gasteiger partial charge on any atom is 0.251 e. The molecule has 2 N–H and O–H groups in total. The van der Waals surface area contributed by atoms with Crippen molar-refractivity contribution >= 4 is 23.2 Å². The average Bonchev–Trinajstić information content (AvgIpc) is 3.14. The summed E-state index contributed by atoms with van der Waals surface area (Å²) in [6.45, 7) is 2.81. The normalized spacial score (nSPS) is 10.4. The van der Waals surface area contributed by atoms with E-state index in [1.54, 1.807) is 12.1 Å². The summed E-state index contributed by atoms with van der Waals surface area (Å²) in [6.07, 6.45) is 0.231. The first-order valence-corrected chi connectivity index (χ1v) is 9.61. The standard InChI is InChI=1S/C21H21N3O2S/c1-15-7-9-17(10-8-15)21-24-18(14-27-21)13-19(25)22-11-12-23-20(26)16-5-3-2-4-6-16/h2-10,14H,11-13H2,1H3,(H,22,25)(H,23,26). The molecule has 0 atom stereocenters. The zero-order chi connectivity index (χ0) is 19.1. The van der Waals surface area contributed by atoms with Crippen molar-refractivity contribution in [2.75, 3.05) is 13.1 Å². The number of aromatic nitrogens is 1. The highest BCUT2D eigenvalue weighted by atomic mass is 32.1. The number of carbonyl (C=O) groups is 2. The van der Waals surface area contributed by atoms with Crippen molar-refractivity contribution in [2.24, 2.45) is 0 Å². The molecule has 0 aliphatic heterocycles. The molecule has 1 heterocycles. The molecule has 1 aromatic heterocycles. The molecule has 3 rings (SSSR count). The Morgan fingerprint density at radius 2 is 1.67 bits per heavy atom. The Kier molecular flexibility index (Phi) is 6.33. The van der Waals surface area contributed by atoms with Crippen LogP contribution in [0.15, 0.2) is 60.0 Å². The number of amides is 2. The van der Waals surface area contributed by atoms with Crippen molar-refractivity contribution in [1.82, 2.24) is 15.6 Å². The first kappa shape index (κ1) is 18.8. The van der Waals surface area contributed by atoms with Gasteiger partial charge in [-0.15, -0.1) is 11.3 Å². The summed E-state index contributed by atoms with van der Waals surface area (Å²) in [6, 6.07) is 17.2. The smallest absolute Gasteiger partial charge is 0.251 e. The van der Waals surface area contributed by atoms with Crippen molar-refractivity contribution in [3.05, 3.63) is 76.8 Å². The van der Waals surface area contributed by atoms with Gasteiger partial charge in [-0.1, -0.05) is 48.0 Å². The Morgan fingerprint density at radius 3 is 2.41 bits per heavy atom. The molecule has 0 aliphatic rings. The lowest BCUT2D eigenvalue weighted by Crippen LogP contribution is -2.35. The molecule has 6 heteroatoms. The third-order valence-corrected chi connectivity index (χ3v) is 4.90. The quantitative estimate of drug-likeness (QED) is 0.619. The minimum Gasteiger partial charge on any atom is -0.354 e. The molecule has 0 saturated heterocycles. The number of nitrogens with zero attached hydrogens (tertiary/aromatic N) is 1. The molecular formula is C21H21N3O2S. The van der Waals surface area contributed by atoms with Crippen LogP contribution in [0.2, 0.25) is 0 Å². The van der Waals surface area contributed by atoms with Crippen LogP contribution in [0.25, 0.3) is 10.6 Å². The Balaban J connectivity index is 1.42. The maximum atomic E-state index is 12.1. The summed E-state index contributed by atoms with van der Waals surface area (Å²) in [5, 5.41) is 8.41. The van der Waals surface area contributed by atoms with E-state index in [1.807, 2.05) is 54.8 Å². The lowest BCUT2D eigenvalue weighted by atomic mass is 10.2. The lowest BCUT2D eigenvalue weighted by Gasteiger charge is -2.06. The molecule has 5 nitrogen and oxygen atoms in total. The van der Waals surface area contributed by atoms with Crippen LogP contribution in [-0.2, 0) is 11.2 Å². The molecule has 0 fully saturated rings. The van der Waals surface area contributed by atoms with E-state index < -0.39 is 0 Å². The third-order valence-electron chi connectivity index (χ3n) is 3.96. The van der Waals surface area contributed by atoms with Crippen LogP contribution >= 0.6 is 11.3 Å². The van der Waals surface area contributed by atoms with Gasteiger partial charge in [0, 0.05) is 29.6 Å². The average molecular weight is 379 g/mol. The van der Waals surface area contributed by atoms with E-state index >= 15 is 0 Å². The van der Waals surface area contributed by atoms with Crippen LogP contribution in [0.5, 0.6) is 0 Å². The van der Waals surface area contributed by atoms with Gasteiger partial charge in [-0.3, -0.25) is 9.59 Å². The van der Waals surface area contributed by atoms with E-state index in [0.29, 0.717) is 18.7 Å². The number of nitrogens with one attached hydrogen (secondary N) is 2. The molecule has 0 bridgehead atoms. The van der Waals surface area contributed by atoms with E-state index in [4.69, 9.17) is 0 Å². The van der Waals surface area contributed by atoms with Gasteiger partial charge < -0.3 is 10.6 Å². The van der Waals surface area contributed by atoms with Gasteiger partial charge in [-0.05, 0) is 19.1 Å². The molecule has 0 unspecified atom stereocenters. The van der Waals surface area contributed by atoms with Crippen LogP contribution in [0.4, 0.5) is 0 Å². The van der Waals surface area contributed by atoms with Gasteiger partial charge in [0.05, 0.1) is 12.1 Å². The van der Waals surface area contributed by atoms with E-state index in [2.05, 4.69) is 15.6 Å². The number of hydrogen-bond acceptors (Lipinski definition) is 4. The van der Waals surface area contributed by atoms with E-state index in [-0.39, 0.29) is 18.2 Å². The predicted octanol–water partition coefficient (Wildman–Crippen LogP) is 3.21. The van der Waals surface area contributed by atoms with Crippen LogP contribution in [0, 0.1) is 6.92 Å². The number of benzene rings is 2. The van der Waals surface area contributed by atoms with Gasteiger partial charge in [0.1, 0.15) is 5.01 Å². The van der Waals surface area contributed by atoms with Crippen LogP contribution in [-0.4, -0.2) is 29.9 Å². The minimum absolute atomic E-state index is 0.107. The molecular weight excluding hydrogens is 358 g/mol. The Hall–Kier alpha value is -2.99. The first-order chi connectivity index (χ1) is 13.1. The zero-order valence-corrected chi connectivity index (χ0v) is 15.9. The summed E-state index contributed by atoms with van der Waals surface area (Å²) >= 11 is 1.53. The van der Waals surface area contributed by atoms with Gasteiger partial charge in [0.15, 0.2) is 0 Å². The Labute approximate surface area is 162 Å². The number of aryl methyl sites for hydroxylation is 1. The van der Waals surface area contributed by atoms with Crippen LogP contribution in [0.3, 0.4) is 0 Å². The minimum atomic E-state index is -0.146. The lowest BCUT2D eigenvalue weighted by molar-refractivity contribution is -0.120. The fourth-order valence-corrected chi connectivity index (χ4v) is 3.34. The monoisotopic (exact) mass is 379 g/mol. The highest BCUT2D eigenvalue weighted by Gasteiger charge is 2.09. The van der Waals surface area contributed by atoms with Crippen LogP contribution < -0.4 is 10.6 Å². The molecule has 0 radical (unpaired) electrons. The fraction of sp³-hybridized carbons (Fsp3) is 0.190. The second-order valence-electron chi connectivity index (χ2n) is 6.16. The van der Waals surface area contributed by atoms with E-state index in [1.165, 1.54) is 16.9 Å². The summed E-state index contributed by atoms with van der Waals surface area (Å²) < 4.78 is 0. The largest absolute Gasteiger partial charge is 0.354 e. The van der Waals surface area contributed by atoms with E-state index in [9.17, 15) is 9.59 Å². The molecule has 3 aromatic rings. The molecule has 27 heavy (non-hydrogen) atoms. The maximum absolute atomic E-state index is 12.1. The number of rotatable bonds is 7. The zero-order valence-electron chi connectivity index (χ0n) is 15.1. The predicted molar refractivity (Wildman–Crippen MR) is 108 cm³/mol. The summed E-state index contributed by atoms with van der Waals surface area (Å²) in [5.41, 5.74) is 3.62. The Morgan fingerprint density at radius 1 is 0.963 bits per heavy atom. The van der Waals surface area contributed by atoms with Crippen molar-refractivity contribution < 1.29 is 9.59 Å². The summed E-state index contributed by atoms with van der Waals surface area (Å²) in [5.74, 6) is -0.253. The molecule has 2 aromatic carbocycles. The molecule has 0 aliphatic carbocycles. The van der Waals surface area contributed by atoms with Crippen molar-refractivity contribution in [3.8, 4) is 10.6 Å². The SMILES string of the molecule is Cc1ccc(-c2nc(CC(=O)NCCNC(=O)c3ccccc3)cs2)cc1. The van der Waals surface area contributed by atoms with E-state index in [0.717, 1.165) is 16.3 Å². The van der Waals surface area contributed by atoms with Crippen molar-refractivity contribution in [1.29, 1.82) is 0 Å². The molecule has 2 amide bonds. The first-order valence-electron chi connectivity index (χ1n) is 8.73. The summed E-state index contributed by atoms with van der Waals surface area (Å²) in [7, 11) is 0. The molecule has 138 valence electrons. The fourth-order valence-electron chi connectivity index (χ4n) is 2.51. The van der Waals surface area contributed by atoms with Gasteiger partial charge in [0.2, 0.25) is 5.91 Å². The van der Waals surface area contributed by atoms with Gasteiger partial charge in [-0.2, -0.15) is 0 Å². The number of hydrogen-bond donors (Lipinski definition) is 2. The van der Waals surface area contributed by atoms with Gasteiger partial charge >= 0.3 is 0 Å². The second-order valence-corrected chi connectivity index (χ2v) is 7.02. The van der Waals surface area contributed by atoms with Crippen molar-refractivity contribution in [2.45, 2.75) is 13.3 Å². The van der Waals surface area contributed by atoms with Gasteiger partial charge in [-0.25, -0.2) is 4.98 Å². The molecule has 0 saturated carbocycles. The summed E-state index contributed by atoms with van der Waals surface area (Å²) in [4.78, 5) is 28.5. The highest BCUT2D eigenvalue weighted by molar-refractivity contribution is 7.13. The van der Waals surface area contributed by atoms with Crippen molar-refractivity contribution in [3.63, 3.8) is 0 Å². The second kappa shape index (κ2) is 9.09. The van der Waals surface area contributed by atoms with Gasteiger partial charge in [0.25, 0.3) is 5.91 Å². The van der Waals surface area contributed by atoms with Crippen LogP contribution in [0.1, 0.15) is 21.6 Å².